The number of carbonyl (C=O) groups is 1. The van der Waals surface area contributed by atoms with Crippen LogP contribution in [0.25, 0.3) is 22.7 Å². The lowest BCUT2D eigenvalue weighted by Gasteiger charge is -2.30. The Hall–Kier alpha value is -3.79. The summed E-state index contributed by atoms with van der Waals surface area (Å²) in [7, 11) is 0. The Kier molecular flexibility index (Phi) is 7.40. The molecule has 1 aliphatic heterocycles. The summed E-state index contributed by atoms with van der Waals surface area (Å²) >= 11 is 0. The van der Waals surface area contributed by atoms with Crippen LogP contribution in [0, 0.1) is 31.1 Å². The van der Waals surface area contributed by atoms with E-state index in [1.165, 1.54) is 5.56 Å². The van der Waals surface area contributed by atoms with E-state index < -0.39 is 0 Å². The number of hydrogen-bond donors (Lipinski definition) is 1. The third-order valence-corrected chi connectivity index (χ3v) is 6.54. The number of nitriles is 1. The van der Waals surface area contributed by atoms with Gasteiger partial charge >= 0.3 is 0 Å². The molecule has 1 aromatic heterocycles. The number of amides is 1. The molecule has 0 radical (unpaired) electrons. The first-order valence-corrected chi connectivity index (χ1v) is 12.1. The first-order chi connectivity index (χ1) is 16.9. The van der Waals surface area contributed by atoms with Crippen molar-refractivity contribution in [3.05, 3.63) is 52.8 Å². The minimum absolute atomic E-state index is 0.00885. The van der Waals surface area contributed by atoms with E-state index in [1.54, 1.807) is 12.1 Å². The van der Waals surface area contributed by atoms with E-state index in [1.807, 2.05) is 43.0 Å². The van der Waals surface area contributed by atoms with Crippen LogP contribution >= 0.6 is 0 Å². The molecule has 2 heterocycles. The number of nitrogens with one attached hydrogen (secondary N) is 1. The zero-order chi connectivity index (χ0) is 24.9. The van der Waals surface area contributed by atoms with Gasteiger partial charge in [-0.3, -0.25) is 4.79 Å². The Morgan fingerprint density at radius 3 is 2.63 bits per heavy atom. The number of rotatable bonds is 7. The molecule has 0 unspecified atom stereocenters. The lowest BCUT2D eigenvalue weighted by Crippen LogP contribution is -2.40. The quantitative estimate of drug-likeness (QED) is 0.473. The van der Waals surface area contributed by atoms with Crippen LogP contribution in [0.1, 0.15) is 49.2 Å². The number of carbonyl (C=O) groups excluding carboxylic acids is 1. The number of aromatic nitrogens is 2. The van der Waals surface area contributed by atoms with Crippen LogP contribution in [0.15, 0.2) is 30.3 Å². The van der Waals surface area contributed by atoms with Crippen LogP contribution in [-0.4, -0.2) is 47.1 Å². The van der Waals surface area contributed by atoms with Gasteiger partial charge in [0.15, 0.2) is 18.1 Å². The van der Waals surface area contributed by atoms with Gasteiger partial charge in [-0.25, -0.2) is 4.98 Å². The van der Waals surface area contributed by atoms with Crippen molar-refractivity contribution in [2.24, 2.45) is 5.92 Å². The van der Waals surface area contributed by atoms with Crippen molar-refractivity contribution in [2.75, 3.05) is 26.3 Å². The molecule has 1 aliphatic rings. The molecule has 0 atom stereocenters. The maximum Gasteiger partial charge on any atom is 0.260 e. The van der Waals surface area contributed by atoms with Crippen molar-refractivity contribution in [1.82, 2.24) is 14.9 Å². The number of hydrogen-bond acceptors (Lipinski definition) is 5. The Morgan fingerprint density at radius 1 is 1.17 bits per heavy atom. The molecule has 4 rings (SSSR count). The van der Waals surface area contributed by atoms with Gasteiger partial charge in [0.25, 0.3) is 5.91 Å². The summed E-state index contributed by atoms with van der Waals surface area (Å²) in [5.41, 5.74) is 5.25. The number of likely N-dealkylation sites (tertiary alicyclic amines) is 1. The maximum atomic E-state index is 12.6. The zero-order valence-electron chi connectivity index (χ0n) is 20.9. The van der Waals surface area contributed by atoms with E-state index in [2.05, 4.69) is 29.9 Å². The van der Waals surface area contributed by atoms with Gasteiger partial charge in [0.2, 0.25) is 0 Å². The molecule has 1 fully saturated rings. The van der Waals surface area contributed by atoms with Crippen LogP contribution in [0.2, 0.25) is 0 Å². The van der Waals surface area contributed by atoms with E-state index in [0.717, 1.165) is 48.1 Å². The van der Waals surface area contributed by atoms with Gasteiger partial charge in [-0.1, -0.05) is 13.0 Å². The molecule has 2 aromatic carbocycles. The van der Waals surface area contributed by atoms with Gasteiger partial charge in [0.05, 0.1) is 23.2 Å². The Bertz CT molecular complexity index is 1250. The van der Waals surface area contributed by atoms with E-state index in [9.17, 15) is 10.1 Å². The minimum Gasteiger partial charge on any atom is -0.490 e. The number of aromatic amines is 1. The number of benzene rings is 2. The van der Waals surface area contributed by atoms with Gasteiger partial charge in [0, 0.05) is 13.1 Å². The summed E-state index contributed by atoms with van der Waals surface area (Å²) in [5.74, 6) is 2.22. The molecular weight excluding hydrogens is 440 g/mol. The maximum absolute atomic E-state index is 12.6. The molecule has 7 heteroatoms. The number of H-pyrrole nitrogens is 1. The number of imidazole rings is 1. The molecule has 1 saturated heterocycles. The lowest BCUT2D eigenvalue weighted by atomic mass is 9.99. The second kappa shape index (κ2) is 10.6. The highest BCUT2D eigenvalue weighted by Gasteiger charge is 2.21. The summed E-state index contributed by atoms with van der Waals surface area (Å²) in [5, 5.41) is 9.81. The molecule has 1 amide bonds. The van der Waals surface area contributed by atoms with E-state index in [4.69, 9.17) is 9.47 Å². The van der Waals surface area contributed by atoms with Gasteiger partial charge in [-0.2, -0.15) is 5.26 Å². The Labute approximate surface area is 206 Å². The fraction of sp³-hybridized carbons (Fsp3) is 0.393. The fourth-order valence-electron chi connectivity index (χ4n) is 4.21. The van der Waals surface area contributed by atoms with E-state index >= 15 is 0 Å². The summed E-state index contributed by atoms with van der Waals surface area (Å²) in [6.45, 7) is 10.2. The number of nitrogens with zero attached hydrogens (tertiary/aromatic N) is 3. The number of fused-ring (bicyclic) bond motifs is 1. The van der Waals surface area contributed by atoms with Crippen molar-refractivity contribution < 1.29 is 14.3 Å². The molecule has 0 saturated carbocycles. The monoisotopic (exact) mass is 472 g/mol. The zero-order valence-corrected chi connectivity index (χ0v) is 20.9. The predicted octanol–water partition coefficient (Wildman–Crippen LogP) is 5.28. The standard InChI is InChI=1S/C28H32N4O3/c1-5-34-26-15-21(6-7-25(26)35-17-27(33)32-10-8-18(2)9-11-32)14-22(16-29)28-30-23-12-19(3)20(4)13-24(23)31-28/h6-7,12-15,18H,5,8-11,17H2,1-4H3,(H,30,31)/b22-14+. The first-order valence-electron chi connectivity index (χ1n) is 12.1. The van der Waals surface area contributed by atoms with E-state index in [-0.39, 0.29) is 12.5 Å². The third-order valence-electron chi connectivity index (χ3n) is 6.54. The predicted molar refractivity (Wildman–Crippen MR) is 137 cm³/mol. The molecule has 0 spiro atoms. The van der Waals surface area contributed by atoms with Crippen LogP contribution in [0.4, 0.5) is 0 Å². The number of ether oxygens (including phenoxy) is 2. The summed E-state index contributed by atoms with van der Waals surface area (Å²) in [4.78, 5) is 22.3. The molecule has 35 heavy (non-hydrogen) atoms. The van der Waals surface area contributed by atoms with Gasteiger partial charge < -0.3 is 19.4 Å². The van der Waals surface area contributed by atoms with Crippen LogP contribution < -0.4 is 9.47 Å². The van der Waals surface area contributed by atoms with Crippen LogP contribution in [0.3, 0.4) is 0 Å². The molecular formula is C28H32N4O3. The first kappa shape index (κ1) is 24.3. The smallest absolute Gasteiger partial charge is 0.260 e. The van der Waals surface area contributed by atoms with Crippen molar-refractivity contribution in [3.8, 4) is 17.6 Å². The Morgan fingerprint density at radius 2 is 1.91 bits per heavy atom. The SMILES string of the molecule is CCOc1cc(/C=C(\C#N)c2nc3cc(C)c(C)cc3[nH]2)ccc1OCC(=O)N1CCC(C)CC1. The summed E-state index contributed by atoms with van der Waals surface area (Å²) in [6, 6.07) is 11.8. The van der Waals surface area contributed by atoms with Crippen molar-refractivity contribution in [3.63, 3.8) is 0 Å². The second-order valence-corrected chi connectivity index (χ2v) is 9.20. The van der Waals surface area contributed by atoms with Crippen molar-refractivity contribution in [2.45, 2.75) is 40.5 Å². The molecule has 182 valence electrons. The topological polar surface area (TPSA) is 91.2 Å². The summed E-state index contributed by atoms with van der Waals surface area (Å²) < 4.78 is 11.6. The number of allylic oxidation sites excluding steroid dienone is 1. The molecule has 7 nitrogen and oxygen atoms in total. The van der Waals surface area contributed by atoms with Crippen LogP contribution in [-0.2, 0) is 4.79 Å². The normalized spacial score (nSPS) is 14.7. The highest BCUT2D eigenvalue weighted by molar-refractivity contribution is 5.90. The average Bonchev–Trinajstić information content (AvgIpc) is 3.25. The summed E-state index contributed by atoms with van der Waals surface area (Å²) in [6.07, 6.45) is 3.83. The van der Waals surface area contributed by atoms with Crippen molar-refractivity contribution in [1.29, 1.82) is 5.26 Å². The molecule has 0 bridgehead atoms. The van der Waals surface area contributed by atoms with Crippen molar-refractivity contribution >= 4 is 28.6 Å². The van der Waals surface area contributed by atoms with E-state index in [0.29, 0.717) is 35.4 Å². The van der Waals surface area contributed by atoms with Gasteiger partial charge in [-0.15, -0.1) is 0 Å². The minimum atomic E-state index is -0.0229. The number of piperidine rings is 1. The largest absolute Gasteiger partial charge is 0.490 e. The highest BCUT2D eigenvalue weighted by atomic mass is 16.5. The molecule has 1 N–H and O–H groups in total. The second-order valence-electron chi connectivity index (χ2n) is 9.20. The lowest BCUT2D eigenvalue weighted by molar-refractivity contribution is -0.134. The van der Waals surface area contributed by atoms with Crippen LogP contribution in [0.5, 0.6) is 11.5 Å². The highest BCUT2D eigenvalue weighted by Crippen LogP contribution is 2.31. The molecule has 0 aliphatic carbocycles. The average molecular weight is 473 g/mol. The van der Waals surface area contributed by atoms with Gasteiger partial charge in [-0.05, 0) is 86.6 Å². The van der Waals surface area contributed by atoms with Gasteiger partial charge in [0.1, 0.15) is 11.9 Å². The third kappa shape index (κ3) is 5.65. The number of aryl methyl sites for hydroxylation is 2. The molecule has 3 aromatic rings. The Balaban J connectivity index is 1.53. The fourth-order valence-corrected chi connectivity index (χ4v) is 4.21.